The van der Waals surface area contributed by atoms with Gasteiger partial charge in [0.05, 0.1) is 0 Å². The molecule has 2 atom stereocenters. The summed E-state index contributed by atoms with van der Waals surface area (Å²) < 4.78 is 5.87. The lowest BCUT2D eigenvalue weighted by Crippen LogP contribution is -2.28. The predicted molar refractivity (Wildman–Crippen MR) is 152 cm³/mol. The SMILES string of the molecule is BC1CCCCCC(NCc2ccc(-c3noc(C4CCCCCCCC4)n3)c3ccccc23)CC1. The highest BCUT2D eigenvalue weighted by molar-refractivity contribution is 6.11. The summed E-state index contributed by atoms with van der Waals surface area (Å²) >= 11 is 0. The van der Waals surface area contributed by atoms with E-state index in [1.807, 2.05) is 0 Å². The highest BCUT2D eigenvalue weighted by Crippen LogP contribution is 2.33. The van der Waals surface area contributed by atoms with Crippen LogP contribution in [0.2, 0.25) is 5.82 Å². The summed E-state index contributed by atoms with van der Waals surface area (Å²) in [6.45, 7) is 0.916. The lowest BCUT2D eigenvalue weighted by atomic mass is 9.79. The van der Waals surface area contributed by atoms with Gasteiger partial charge >= 0.3 is 0 Å². The van der Waals surface area contributed by atoms with Crippen molar-refractivity contribution >= 4 is 18.6 Å². The summed E-state index contributed by atoms with van der Waals surface area (Å²) in [5.74, 6) is 2.86. The third-order valence-electron chi connectivity index (χ3n) is 8.74. The van der Waals surface area contributed by atoms with Gasteiger partial charge < -0.3 is 9.84 Å². The standard InChI is InChI=1S/C31H44BN3O/c32-25-14-8-5-9-15-26(20-19-25)33-22-24-18-21-29(28-17-11-10-16-27(24)28)30-34-31(36-35-30)23-12-6-3-1-2-4-7-13-23/h10-11,16-18,21,23,25-26,33H,1-9,12-15,19-20,22,32H2. The Morgan fingerprint density at radius 1 is 0.750 bits per heavy atom. The number of nitrogens with one attached hydrogen (secondary N) is 1. The fraction of sp³-hybridized carbons (Fsp3) is 0.613. The van der Waals surface area contributed by atoms with Gasteiger partial charge in [-0.25, -0.2) is 0 Å². The Morgan fingerprint density at radius 2 is 1.44 bits per heavy atom. The van der Waals surface area contributed by atoms with Crippen LogP contribution in [0, 0.1) is 0 Å². The second kappa shape index (κ2) is 12.9. The van der Waals surface area contributed by atoms with E-state index in [0.29, 0.717) is 12.0 Å². The van der Waals surface area contributed by atoms with Crippen LogP contribution in [-0.4, -0.2) is 24.0 Å². The Labute approximate surface area is 218 Å². The van der Waals surface area contributed by atoms with Gasteiger partial charge in [0.25, 0.3) is 0 Å². The van der Waals surface area contributed by atoms with Gasteiger partial charge in [0.15, 0.2) is 0 Å². The minimum atomic E-state index is 0.412. The lowest BCUT2D eigenvalue weighted by Gasteiger charge is -2.20. The maximum Gasteiger partial charge on any atom is 0.230 e. The van der Waals surface area contributed by atoms with E-state index < -0.39 is 0 Å². The molecular weight excluding hydrogens is 441 g/mol. The van der Waals surface area contributed by atoms with Gasteiger partial charge in [-0.05, 0) is 42.0 Å². The topological polar surface area (TPSA) is 51.0 Å². The molecule has 1 aromatic heterocycles. The molecule has 0 amide bonds. The van der Waals surface area contributed by atoms with E-state index in [2.05, 4.69) is 54.7 Å². The molecule has 2 fully saturated rings. The first-order valence-corrected chi connectivity index (χ1v) is 14.9. The van der Waals surface area contributed by atoms with Crippen LogP contribution in [0.5, 0.6) is 0 Å². The van der Waals surface area contributed by atoms with E-state index in [0.717, 1.165) is 29.6 Å². The smallest absolute Gasteiger partial charge is 0.230 e. The highest BCUT2D eigenvalue weighted by Gasteiger charge is 2.21. The van der Waals surface area contributed by atoms with Crippen LogP contribution in [0.25, 0.3) is 22.2 Å². The minimum absolute atomic E-state index is 0.412. The molecule has 36 heavy (non-hydrogen) atoms. The minimum Gasteiger partial charge on any atom is -0.339 e. The first-order valence-electron chi connectivity index (χ1n) is 14.9. The molecule has 0 saturated heterocycles. The van der Waals surface area contributed by atoms with Crippen molar-refractivity contribution in [3.05, 3.63) is 47.9 Å². The van der Waals surface area contributed by atoms with Gasteiger partial charge in [0, 0.05) is 24.1 Å². The van der Waals surface area contributed by atoms with E-state index >= 15 is 0 Å². The summed E-state index contributed by atoms with van der Waals surface area (Å²) in [6, 6.07) is 13.8. The largest absolute Gasteiger partial charge is 0.339 e. The van der Waals surface area contributed by atoms with Gasteiger partial charge in [-0.2, -0.15) is 4.98 Å². The van der Waals surface area contributed by atoms with Crippen molar-refractivity contribution in [3.8, 4) is 11.4 Å². The van der Waals surface area contributed by atoms with Crippen LogP contribution >= 0.6 is 0 Å². The molecule has 0 bridgehead atoms. The zero-order valence-electron chi connectivity index (χ0n) is 22.3. The van der Waals surface area contributed by atoms with Gasteiger partial charge in [-0.1, -0.05) is 118 Å². The number of fused-ring (bicyclic) bond motifs is 1. The van der Waals surface area contributed by atoms with E-state index in [4.69, 9.17) is 9.51 Å². The molecule has 0 aliphatic heterocycles. The zero-order chi connectivity index (χ0) is 24.6. The zero-order valence-corrected chi connectivity index (χ0v) is 22.3. The van der Waals surface area contributed by atoms with Crippen molar-refractivity contribution in [2.75, 3.05) is 0 Å². The highest BCUT2D eigenvalue weighted by atomic mass is 16.5. The van der Waals surface area contributed by atoms with Crippen LogP contribution in [-0.2, 0) is 6.54 Å². The average Bonchev–Trinajstić information content (AvgIpc) is 3.45. The summed E-state index contributed by atoms with van der Waals surface area (Å²) in [4.78, 5) is 4.95. The van der Waals surface area contributed by atoms with Crippen LogP contribution in [0.15, 0.2) is 40.9 Å². The molecule has 2 aliphatic rings. The maximum atomic E-state index is 5.87. The van der Waals surface area contributed by atoms with Crippen LogP contribution < -0.4 is 5.32 Å². The molecule has 2 saturated carbocycles. The number of nitrogens with zero attached hydrogens (tertiary/aromatic N) is 2. The summed E-state index contributed by atoms with van der Waals surface area (Å²) in [7, 11) is 2.43. The summed E-state index contributed by atoms with van der Waals surface area (Å²) in [6.07, 6.45) is 19.8. The molecule has 5 heteroatoms. The number of hydrogen-bond donors (Lipinski definition) is 1. The number of hydrogen-bond acceptors (Lipinski definition) is 4. The van der Waals surface area contributed by atoms with Crippen LogP contribution in [0.1, 0.15) is 114 Å². The maximum absolute atomic E-state index is 5.87. The first kappa shape index (κ1) is 25.5. The molecule has 1 heterocycles. The molecular formula is C31H44BN3O. The third kappa shape index (κ3) is 6.59. The Kier molecular flexibility index (Phi) is 9.14. The predicted octanol–water partition coefficient (Wildman–Crippen LogP) is 7.73. The van der Waals surface area contributed by atoms with Gasteiger partial charge in [0.2, 0.25) is 11.7 Å². The fourth-order valence-electron chi connectivity index (χ4n) is 6.39. The molecule has 3 aromatic rings. The van der Waals surface area contributed by atoms with Crippen molar-refractivity contribution < 1.29 is 4.52 Å². The Balaban J connectivity index is 1.33. The van der Waals surface area contributed by atoms with E-state index in [1.165, 1.54) is 113 Å². The molecule has 0 radical (unpaired) electrons. The Bertz CT molecular complexity index is 1090. The van der Waals surface area contributed by atoms with Crippen molar-refractivity contribution in [1.29, 1.82) is 0 Å². The van der Waals surface area contributed by atoms with Gasteiger partial charge in [0.1, 0.15) is 7.85 Å². The molecule has 192 valence electrons. The van der Waals surface area contributed by atoms with Crippen molar-refractivity contribution in [3.63, 3.8) is 0 Å². The molecule has 2 aliphatic carbocycles. The summed E-state index contributed by atoms with van der Waals surface area (Å²) in [5.41, 5.74) is 2.45. The first-order chi connectivity index (χ1) is 17.8. The molecule has 5 rings (SSSR count). The van der Waals surface area contributed by atoms with Crippen LogP contribution in [0.3, 0.4) is 0 Å². The molecule has 2 aromatic carbocycles. The third-order valence-corrected chi connectivity index (χ3v) is 8.74. The normalized spacial score (nSPS) is 23.2. The molecule has 0 spiro atoms. The van der Waals surface area contributed by atoms with Gasteiger partial charge in [-0.3, -0.25) is 0 Å². The second-order valence-corrected chi connectivity index (χ2v) is 11.6. The van der Waals surface area contributed by atoms with E-state index in [-0.39, 0.29) is 0 Å². The van der Waals surface area contributed by atoms with Crippen molar-refractivity contribution in [2.24, 2.45) is 0 Å². The van der Waals surface area contributed by atoms with E-state index in [9.17, 15) is 0 Å². The van der Waals surface area contributed by atoms with Crippen molar-refractivity contribution in [2.45, 2.75) is 121 Å². The van der Waals surface area contributed by atoms with Gasteiger partial charge in [-0.15, -0.1) is 0 Å². The average molecular weight is 486 g/mol. The van der Waals surface area contributed by atoms with Crippen LogP contribution in [0.4, 0.5) is 0 Å². The van der Waals surface area contributed by atoms with E-state index in [1.54, 1.807) is 0 Å². The molecule has 1 N–H and O–H groups in total. The Morgan fingerprint density at radius 3 is 2.28 bits per heavy atom. The number of aromatic nitrogens is 2. The lowest BCUT2D eigenvalue weighted by molar-refractivity contribution is 0.334. The molecule has 2 unspecified atom stereocenters. The molecule has 4 nitrogen and oxygen atoms in total. The Hall–Kier alpha value is -2.14. The monoisotopic (exact) mass is 485 g/mol. The summed E-state index contributed by atoms with van der Waals surface area (Å²) in [5, 5.41) is 10.9. The van der Waals surface area contributed by atoms with Crippen molar-refractivity contribution in [1.82, 2.24) is 15.5 Å². The second-order valence-electron chi connectivity index (χ2n) is 11.6. The number of benzene rings is 2. The quantitative estimate of drug-likeness (QED) is 0.376. The fourth-order valence-corrected chi connectivity index (χ4v) is 6.39. The number of rotatable bonds is 5.